The fourth-order valence-electron chi connectivity index (χ4n) is 3.95. The zero-order valence-corrected chi connectivity index (χ0v) is 17.6. The van der Waals surface area contributed by atoms with E-state index >= 15 is 0 Å². The number of aromatic nitrogens is 4. The Hall–Kier alpha value is -3.26. The lowest BCUT2D eigenvalue weighted by Gasteiger charge is -2.23. The summed E-state index contributed by atoms with van der Waals surface area (Å²) in [5, 5.41) is 9.49. The van der Waals surface area contributed by atoms with Crippen LogP contribution in [-0.2, 0) is 0 Å². The van der Waals surface area contributed by atoms with Crippen LogP contribution < -0.4 is 4.74 Å². The number of thiazole rings is 1. The Balaban J connectivity index is 1.45. The Labute approximate surface area is 178 Å². The topological polar surface area (TPSA) is 72.6 Å². The molecule has 1 aliphatic heterocycles. The first kappa shape index (κ1) is 18.7. The maximum Gasteiger partial charge on any atom is 0.266 e. The van der Waals surface area contributed by atoms with Gasteiger partial charge < -0.3 is 9.64 Å². The molecule has 0 spiro atoms. The zero-order chi connectivity index (χ0) is 20.7. The standard InChI is InChI=1S/C22H21N5O2S/c1-14-19(30-21(23-14)15-8-10-16(29-2)11-9-15)22(28)26-13-5-6-17(26)20-25-24-18-7-3-4-12-27(18)20/h3-4,7-12,17H,5-6,13H2,1-2H3. The van der Waals surface area contributed by atoms with Crippen LogP contribution in [0.2, 0.25) is 0 Å². The molecule has 5 rings (SSSR count). The van der Waals surface area contributed by atoms with Crippen molar-refractivity contribution >= 4 is 22.9 Å². The molecule has 30 heavy (non-hydrogen) atoms. The number of amides is 1. The molecular formula is C22H21N5O2S. The lowest BCUT2D eigenvalue weighted by molar-refractivity contribution is 0.0733. The van der Waals surface area contributed by atoms with Crippen molar-refractivity contribution in [2.75, 3.05) is 13.7 Å². The number of carbonyl (C=O) groups excluding carboxylic acids is 1. The summed E-state index contributed by atoms with van der Waals surface area (Å²) in [6, 6.07) is 13.5. The number of hydrogen-bond donors (Lipinski definition) is 0. The first-order valence-corrected chi connectivity index (χ1v) is 10.7. The number of benzene rings is 1. The predicted molar refractivity (Wildman–Crippen MR) is 115 cm³/mol. The van der Waals surface area contributed by atoms with Crippen molar-refractivity contribution in [1.29, 1.82) is 0 Å². The van der Waals surface area contributed by atoms with Gasteiger partial charge in [0.1, 0.15) is 15.6 Å². The smallest absolute Gasteiger partial charge is 0.266 e. The first-order chi connectivity index (χ1) is 14.7. The van der Waals surface area contributed by atoms with E-state index in [-0.39, 0.29) is 11.9 Å². The number of nitrogens with zero attached hydrogens (tertiary/aromatic N) is 5. The summed E-state index contributed by atoms with van der Waals surface area (Å²) in [5.41, 5.74) is 2.53. The van der Waals surface area contributed by atoms with Crippen molar-refractivity contribution in [3.05, 3.63) is 65.1 Å². The van der Waals surface area contributed by atoms with E-state index in [1.54, 1.807) is 7.11 Å². The van der Waals surface area contributed by atoms with E-state index < -0.39 is 0 Å². The number of methoxy groups -OCH3 is 1. The second-order valence-corrected chi connectivity index (χ2v) is 8.30. The van der Waals surface area contributed by atoms with Gasteiger partial charge in [0, 0.05) is 18.3 Å². The number of likely N-dealkylation sites (tertiary alicyclic amines) is 1. The van der Waals surface area contributed by atoms with Crippen molar-refractivity contribution in [1.82, 2.24) is 24.5 Å². The van der Waals surface area contributed by atoms with Gasteiger partial charge in [-0.3, -0.25) is 9.20 Å². The molecule has 0 saturated carbocycles. The van der Waals surface area contributed by atoms with E-state index in [9.17, 15) is 4.79 Å². The Morgan fingerprint density at radius 2 is 2.00 bits per heavy atom. The van der Waals surface area contributed by atoms with E-state index in [0.717, 1.165) is 46.3 Å². The maximum absolute atomic E-state index is 13.5. The van der Waals surface area contributed by atoms with Gasteiger partial charge in [0.25, 0.3) is 5.91 Å². The van der Waals surface area contributed by atoms with Gasteiger partial charge in [-0.05, 0) is 56.2 Å². The Morgan fingerprint density at radius 1 is 1.17 bits per heavy atom. The molecule has 4 heterocycles. The van der Waals surface area contributed by atoms with Gasteiger partial charge in [-0.15, -0.1) is 21.5 Å². The molecule has 0 aliphatic carbocycles. The van der Waals surface area contributed by atoms with Gasteiger partial charge >= 0.3 is 0 Å². The van der Waals surface area contributed by atoms with Gasteiger partial charge in [0.15, 0.2) is 11.5 Å². The van der Waals surface area contributed by atoms with Crippen molar-refractivity contribution < 1.29 is 9.53 Å². The molecule has 8 heteroatoms. The molecular weight excluding hydrogens is 398 g/mol. The highest BCUT2D eigenvalue weighted by atomic mass is 32.1. The molecule has 0 bridgehead atoms. The van der Waals surface area contributed by atoms with Crippen molar-refractivity contribution in [2.24, 2.45) is 0 Å². The molecule has 152 valence electrons. The third-order valence-corrected chi connectivity index (χ3v) is 6.67. The molecule has 1 fully saturated rings. The van der Waals surface area contributed by atoms with Gasteiger partial charge in [-0.1, -0.05) is 6.07 Å². The Morgan fingerprint density at radius 3 is 2.80 bits per heavy atom. The normalized spacial score (nSPS) is 16.3. The summed E-state index contributed by atoms with van der Waals surface area (Å²) in [5.74, 6) is 1.62. The Kier molecular flexibility index (Phi) is 4.71. The molecule has 1 amide bonds. The molecule has 1 saturated heterocycles. The summed E-state index contributed by atoms with van der Waals surface area (Å²) in [7, 11) is 1.64. The lowest BCUT2D eigenvalue weighted by Crippen LogP contribution is -2.31. The van der Waals surface area contributed by atoms with E-state index in [4.69, 9.17) is 4.74 Å². The average Bonchev–Trinajstić information content (AvgIpc) is 3.51. The molecule has 1 unspecified atom stereocenters. The second kappa shape index (κ2) is 7.53. The quantitative estimate of drug-likeness (QED) is 0.497. The van der Waals surface area contributed by atoms with Crippen LogP contribution in [-0.4, -0.2) is 44.0 Å². The van der Waals surface area contributed by atoms with Crippen LogP contribution >= 0.6 is 11.3 Å². The minimum absolute atomic E-state index is 0.0138. The molecule has 3 aromatic heterocycles. The summed E-state index contributed by atoms with van der Waals surface area (Å²) >= 11 is 1.44. The van der Waals surface area contributed by atoms with E-state index in [0.29, 0.717) is 11.4 Å². The van der Waals surface area contributed by atoms with Crippen LogP contribution in [0.1, 0.15) is 40.1 Å². The third-order valence-electron chi connectivity index (χ3n) is 5.48. The summed E-state index contributed by atoms with van der Waals surface area (Å²) in [6.07, 6.45) is 3.78. The number of aryl methyl sites for hydroxylation is 1. The van der Waals surface area contributed by atoms with Crippen LogP contribution in [0.5, 0.6) is 5.75 Å². The monoisotopic (exact) mass is 419 g/mol. The fraction of sp³-hybridized carbons (Fsp3) is 0.273. The Bertz CT molecular complexity index is 1210. The second-order valence-electron chi connectivity index (χ2n) is 7.31. The lowest BCUT2D eigenvalue weighted by atomic mass is 10.2. The third kappa shape index (κ3) is 3.13. The van der Waals surface area contributed by atoms with Gasteiger partial charge in [-0.25, -0.2) is 4.98 Å². The van der Waals surface area contributed by atoms with Crippen LogP contribution in [0, 0.1) is 6.92 Å². The predicted octanol–water partition coefficient (Wildman–Crippen LogP) is 4.15. The minimum atomic E-state index is -0.0826. The molecule has 4 aromatic rings. The SMILES string of the molecule is COc1ccc(-c2nc(C)c(C(=O)N3CCCC3c3nnc4ccccn34)s2)cc1. The van der Waals surface area contributed by atoms with Crippen molar-refractivity contribution in [3.63, 3.8) is 0 Å². The summed E-state index contributed by atoms with van der Waals surface area (Å²) in [6.45, 7) is 2.61. The molecule has 1 aliphatic rings. The molecule has 0 radical (unpaired) electrons. The van der Waals surface area contributed by atoms with Crippen molar-refractivity contribution in [2.45, 2.75) is 25.8 Å². The van der Waals surface area contributed by atoms with E-state index in [1.165, 1.54) is 11.3 Å². The van der Waals surface area contributed by atoms with Gasteiger partial charge in [0.2, 0.25) is 0 Å². The summed E-state index contributed by atoms with van der Waals surface area (Å²) in [4.78, 5) is 20.7. The number of rotatable bonds is 4. The molecule has 1 aromatic carbocycles. The largest absolute Gasteiger partial charge is 0.497 e. The number of fused-ring (bicyclic) bond motifs is 1. The minimum Gasteiger partial charge on any atom is -0.497 e. The molecule has 7 nitrogen and oxygen atoms in total. The number of pyridine rings is 1. The van der Waals surface area contributed by atoms with E-state index in [2.05, 4.69) is 15.2 Å². The highest BCUT2D eigenvalue weighted by Gasteiger charge is 2.35. The maximum atomic E-state index is 13.5. The van der Waals surface area contributed by atoms with Crippen molar-refractivity contribution in [3.8, 4) is 16.3 Å². The zero-order valence-electron chi connectivity index (χ0n) is 16.8. The van der Waals surface area contributed by atoms with E-state index in [1.807, 2.05) is 64.9 Å². The highest BCUT2D eigenvalue weighted by molar-refractivity contribution is 7.17. The van der Waals surface area contributed by atoms with Crippen LogP contribution in [0.25, 0.3) is 16.2 Å². The average molecular weight is 420 g/mol. The van der Waals surface area contributed by atoms with Crippen LogP contribution in [0.3, 0.4) is 0 Å². The number of ether oxygens (including phenoxy) is 1. The number of hydrogen-bond acceptors (Lipinski definition) is 6. The van der Waals surface area contributed by atoms with Gasteiger partial charge in [0.05, 0.1) is 18.8 Å². The summed E-state index contributed by atoms with van der Waals surface area (Å²) < 4.78 is 7.20. The molecule has 0 N–H and O–H groups in total. The number of carbonyl (C=O) groups is 1. The fourth-order valence-corrected chi connectivity index (χ4v) is 4.98. The van der Waals surface area contributed by atoms with Crippen LogP contribution in [0.4, 0.5) is 0 Å². The highest BCUT2D eigenvalue weighted by Crippen LogP contribution is 2.36. The first-order valence-electron chi connectivity index (χ1n) is 9.88. The molecule has 1 atom stereocenters. The van der Waals surface area contributed by atoms with Gasteiger partial charge in [-0.2, -0.15) is 0 Å². The van der Waals surface area contributed by atoms with Crippen LogP contribution in [0.15, 0.2) is 48.7 Å².